The molecule has 0 atom stereocenters. The van der Waals surface area contributed by atoms with Gasteiger partial charge in [-0.15, -0.1) is 6.58 Å². The Hall–Kier alpha value is -2.28. The molecule has 6 nitrogen and oxygen atoms in total. The van der Waals surface area contributed by atoms with Gasteiger partial charge in [0.2, 0.25) is 0 Å². The first-order valence-corrected chi connectivity index (χ1v) is 6.21. The lowest BCUT2D eigenvalue weighted by atomic mass is 10.1. The maximum atomic E-state index is 12.1. The SMILES string of the molecule is C=CCNC(=S)NNC(=O)c1c(OC)cccc1OC. The van der Waals surface area contributed by atoms with Crippen LogP contribution in [0.25, 0.3) is 0 Å². The van der Waals surface area contributed by atoms with Crippen LogP contribution in [0.5, 0.6) is 11.5 Å². The van der Waals surface area contributed by atoms with Crippen LogP contribution in [-0.4, -0.2) is 31.8 Å². The molecular formula is C13H17N3O3S. The zero-order chi connectivity index (χ0) is 15.0. The van der Waals surface area contributed by atoms with E-state index >= 15 is 0 Å². The Kier molecular flexibility index (Phi) is 6.31. The van der Waals surface area contributed by atoms with Crippen LogP contribution in [-0.2, 0) is 0 Å². The van der Waals surface area contributed by atoms with Gasteiger partial charge in [0.05, 0.1) is 14.2 Å². The van der Waals surface area contributed by atoms with Gasteiger partial charge in [0.15, 0.2) is 5.11 Å². The molecule has 7 heteroatoms. The molecule has 1 rings (SSSR count). The normalized spacial score (nSPS) is 9.30. The van der Waals surface area contributed by atoms with Crippen molar-refractivity contribution in [2.75, 3.05) is 20.8 Å². The minimum Gasteiger partial charge on any atom is -0.496 e. The van der Waals surface area contributed by atoms with Gasteiger partial charge in [-0.1, -0.05) is 12.1 Å². The number of carbonyl (C=O) groups excluding carboxylic acids is 1. The van der Waals surface area contributed by atoms with Crippen LogP contribution in [0.15, 0.2) is 30.9 Å². The number of hydrogen-bond acceptors (Lipinski definition) is 4. The molecular weight excluding hydrogens is 278 g/mol. The Morgan fingerprint density at radius 3 is 2.40 bits per heavy atom. The quantitative estimate of drug-likeness (QED) is 0.428. The highest BCUT2D eigenvalue weighted by molar-refractivity contribution is 7.80. The third kappa shape index (κ3) is 4.13. The van der Waals surface area contributed by atoms with Gasteiger partial charge in [-0.3, -0.25) is 15.6 Å². The Balaban J connectivity index is 2.76. The maximum absolute atomic E-state index is 12.1. The molecule has 1 aromatic rings. The summed E-state index contributed by atoms with van der Waals surface area (Å²) in [5, 5.41) is 3.11. The molecule has 0 aliphatic carbocycles. The van der Waals surface area contributed by atoms with Crippen LogP contribution in [0.4, 0.5) is 0 Å². The monoisotopic (exact) mass is 295 g/mol. The van der Waals surface area contributed by atoms with Crippen molar-refractivity contribution in [3.63, 3.8) is 0 Å². The van der Waals surface area contributed by atoms with E-state index in [1.165, 1.54) is 14.2 Å². The molecule has 0 saturated heterocycles. The second kappa shape index (κ2) is 8.00. The third-order valence-electron chi connectivity index (χ3n) is 2.35. The fraction of sp³-hybridized carbons (Fsp3) is 0.231. The lowest BCUT2D eigenvalue weighted by molar-refractivity contribution is 0.0937. The van der Waals surface area contributed by atoms with Crippen molar-refractivity contribution in [3.05, 3.63) is 36.4 Å². The lowest BCUT2D eigenvalue weighted by Gasteiger charge is -2.14. The van der Waals surface area contributed by atoms with Gasteiger partial charge in [0.1, 0.15) is 17.1 Å². The minimum atomic E-state index is -0.415. The Morgan fingerprint density at radius 2 is 1.90 bits per heavy atom. The molecule has 0 radical (unpaired) electrons. The molecule has 0 bridgehead atoms. The molecule has 0 aromatic heterocycles. The van der Waals surface area contributed by atoms with Crippen LogP contribution < -0.4 is 25.6 Å². The van der Waals surface area contributed by atoms with Gasteiger partial charge in [0, 0.05) is 6.54 Å². The average Bonchev–Trinajstić information content (AvgIpc) is 2.49. The number of hydrogen-bond donors (Lipinski definition) is 3. The number of hydrazine groups is 1. The van der Waals surface area contributed by atoms with E-state index in [2.05, 4.69) is 22.7 Å². The molecule has 0 heterocycles. The van der Waals surface area contributed by atoms with E-state index < -0.39 is 5.91 Å². The van der Waals surface area contributed by atoms with Gasteiger partial charge < -0.3 is 14.8 Å². The number of benzene rings is 1. The summed E-state index contributed by atoms with van der Waals surface area (Å²) in [5.74, 6) is 0.407. The van der Waals surface area contributed by atoms with E-state index in [4.69, 9.17) is 21.7 Å². The first kappa shape index (κ1) is 15.8. The van der Waals surface area contributed by atoms with E-state index in [0.29, 0.717) is 18.0 Å². The van der Waals surface area contributed by atoms with Crippen molar-refractivity contribution in [1.82, 2.24) is 16.2 Å². The number of rotatable bonds is 5. The minimum absolute atomic E-state index is 0.284. The molecule has 0 saturated carbocycles. The van der Waals surface area contributed by atoms with Crippen molar-refractivity contribution >= 4 is 23.2 Å². The third-order valence-corrected chi connectivity index (χ3v) is 2.60. The van der Waals surface area contributed by atoms with Gasteiger partial charge in [-0.2, -0.15) is 0 Å². The molecule has 1 amide bonds. The molecule has 0 spiro atoms. The van der Waals surface area contributed by atoms with Crippen molar-refractivity contribution in [2.45, 2.75) is 0 Å². The van der Waals surface area contributed by atoms with Crippen LogP contribution in [0, 0.1) is 0 Å². The first-order valence-electron chi connectivity index (χ1n) is 5.80. The Bertz CT molecular complexity index is 483. The van der Waals surface area contributed by atoms with Gasteiger partial charge in [-0.25, -0.2) is 0 Å². The Labute approximate surface area is 123 Å². The Morgan fingerprint density at radius 1 is 1.30 bits per heavy atom. The molecule has 0 fully saturated rings. The molecule has 0 unspecified atom stereocenters. The predicted octanol–water partition coefficient (Wildman–Crippen LogP) is 0.999. The largest absolute Gasteiger partial charge is 0.496 e. The van der Waals surface area contributed by atoms with Gasteiger partial charge in [0.25, 0.3) is 5.91 Å². The second-order valence-corrected chi connectivity index (χ2v) is 4.02. The van der Waals surface area contributed by atoms with Gasteiger partial charge in [-0.05, 0) is 24.4 Å². The summed E-state index contributed by atoms with van der Waals surface area (Å²) in [5.41, 5.74) is 5.34. The molecule has 1 aromatic carbocycles. The van der Waals surface area contributed by atoms with E-state index in [9.17, 15) is 4.79 Å². The highest BCUT2D eigenvalue weighted by Crippen LogP contribution is 2.27. The highest BCUT2D eigenvalue weighted by Gasteiger charge is 2.17. The molecule has 3 N–H and O–H groups in total. The molecule has 0 aliphatic heterocycles. The van der Waals surface area contributed by atoms with E-state index in [1.807, 2.05) is 0 Å². The van der Waals surface area contributed by atoms with Crippen LogP contribution in [0.3, 0.4) is 0 Å². The topological polar surface area (TPSA) is 71.6 Å². The molecule has 0 aliphatic rings. The summed E-state index contributed by atoms with van der Waals surface area (Å²) in [6, 6.07) is 5.08. The summed E-state index contributed by atoms with van der Waals surface area (Å²) >= 11 is 4.96. The summed E-state index contributed by atoms with van der Waals surface area (Å²) in [6.07, 6.45) is 1.65. The van der Waals surface area contributed by atoms with Crippen molar-refractivity contribution in [1.29, 1.82) is 0 Å². The predicted molar refractivity (Wildman–Crippen MR) is 80.9 cm³/mol. The number of ether oxygens (including phenoxy) is 2. The summed E-state index contributed by atoms with van der Waals surface area (Å²) < 4.78 is 10.3. The van der Waals surface area contributed by atoms with Crippen molar-refractivity contribution in [2.24, 2.45) is 0 Å². The number of carbonyl (C=O) groups is 1. The number of nitrogens with one attached hydrogen (secondary N) is 3. The average molecular weight is 295 g/mol. The standard InChI is InChI=1S/C13H17N3O3S/c1-4-8-14-13(20)16-15-12(17)11-9(18-2)6-5-7-10(11)19-3/h4-7H,1,8H2,2-3H3,(H,15,17)(H2,14,16,20). The molecule has 108 valence electrons. The number of methoxy groups -OCH3 is 2. The second-order valence-electron chi connectivity index (χ2n) is 3.62. The summed E-state index contributed by atoms with van der Waals surface area (Å²) in [4.78, 5) is 12.1. The number of amides is 1. The van der Waals surface area contributed by atoms with E-state index in [0.717, 1.165) is 0 Å². The maximum Gasteiger partial charge on any atom is 0.277 e. The summed E-state index contributed by atoms with van der Waals surface area (Å²) in [6.45, 7) is 4.05. The molecule has 20 heavy (non-hydrogen) atoms. The van der Waals surface area contributed by atoms with Crippen LogP contribution >= 0.6 is 12.2 Å². The number of thiocarbonyl (C=S) groups is 1. The fourth-order valence-corrected chi connectivity index (χ4v) is 1.59. The summed E-state index contributed by atoms with van der Waals surface area (Å²) in [7, 11) is 2.96. The fourth-order valence-electron chi connectivity index (χ4n) is 1.46. The van der Waals surface area contributed by atoms with Gasteiger partial charge >= 0.3 is 0 Å². The van der Waals surface area contributed by atoms with Crippen LogP contribution in [0.2, 0.25) is 0 Å². The lowest BCUT2D eigenvalue weighted by Crippen LogP contribution is -2.46. The zero-order valence-corrected chi connectivity index (χ0v) is 12.2. The smallest absolute Gasteiger partial charge is 0.277 e. The van der Waals surface area contributed by atoms with Crippen LogP contribution in [0.1, 0.15) is 10.4 Å². The first-order chi connectivity index (χ1) is 9.63. The van der Waals surface area contributed by atoms with Crippen molar-refractivity contribution in [3.8, 4) is 11.5 Å². The highest BCUT2D eigenvalue weighted by atomic mass is 32.1. The van der Waals surface area contributed by atoms with Crippen molar-refractivity contribution < 1.29 is 14.3 Å². The van der Waals surface area contributed by atoms with E-state index in [-0.39, 0.29) is 10.7 Å². The zero-order valence-electron chi connectivity index (χ0n) is 11.4. The van der Waals surface area contributed by atoms with E-state index in [1.54, 1.807) is 24.3 Å².